The highest BCUT2D eigenvalue weighted by Gasteiger charge is 2.33. The van der Waals surface area contributed by atoms with Crippen molar-refractivity contribution in [3.05, 3.63) is 0 Å². The summed E-state index contributed by atoms with van der Waals surface area (Å²) < 4.78 is 4.95. The fourth-order valence-corrected chi connectivity index (χ4v) is 2.53. The summed E-state index contributed by atoms with van der Waals surface area (Å²) in [6.45, 7) is 4.52. The third kappa shape index (κ3) is 8.08. The van der Waals surface area contributed by atoms with Gasteiger partial charge >= 0.3 is 5.97 Å². The van der Waals surface area contributed by atoms with Crippen molar-refractivity contribution in [3.63, 3.8) is 0 Å². The number of nitrogens with zero attached hydrogens (tertiary/aromatic N) is 1. The minimum absolute atomic E-state index is 0.124. The highest BCUT2D eigenvalue weighted by molar-refractivity contribution is 5.82. The number of amides is 1. The topological polar surface area (TPSA) is 46.6 Å². The van der Waals surface area contributed by atoms with Crippen LogP contribution in [0.2, 0.25) is 0 Å². The summed E-state index contributed by atoms with van der Waals surface area (Å²) in [7, 11) is 0. The summed E-state index contributed by atoms with van der Waals surface area (Å²) in [4.78, 5) is 25.5. The van der Waals surface area contributed by atoms with Crippen LogP contribution in [0, 0.1) is 0 Å². The monoisotopic (exact) mass is 297 g/mol. The number of rotatable bonds is 12. The molecule has 122 valence electrons. The fourth-order valence-electron chi connectivity index (χ4n) is 2.53. The first-order chi connectivity index (χ1) is 10.2. The first kappa shape index (κ1) is 18.0. The quantitative estimate of drug-likeness (QED) is 0.408. The Labute approximate surface area is 129 Å². The Balaban J connectivity index is 2.16. The van der Waals surface area contributed by atoms with E-state index in [-0.39, 0.29) is 24.5 Å². The Hall–Kier alpha value is -1.06. The smallest absolute Gasteiger partial charge is 0.325 e. The van der Waals surface area contributed by atoms with Crippen molar-refractivity contribution >= 4 is 11.9 Å². The maximum absolute atomic E-state index is 12.2. The predicted octanol–water partition coefficient (Wildman–Crippen LogP) is 3.68. The SMILES string of the molecule is CCCCCCCCCC(=O)N(CC(=O)OCC)C1CC1. The lowest BCUT2D eigenvalue weighted by atomic mass is 10.1. The highest BCUT2D eigenvalue weighted by atomic mass is 16.5. The molecule has 0 heterocycles. The molecule has 0 aromatic rings. The molecular weight excluding hydrogens is 266 g/mol. The molecule has 1 fully saturated rings. The number of carbonyl (C=O) groups is 2. The molecule has 0 atom stereocenters. The van der Waals surface area contributed by atoms with E-state index in [9.17, 15) is 9.59 Å². The molecule has 0 saturated heterocycles. The molecule has 0 aliphatic heterocycles. The van der Waals surface area contributed by atoms with Gasteiger partial charge in [0, 0.05) is 12.5 Å². The Morgan fingerprint density at radius 3 is 2.19 bits per heavy atom. The third-order valence-corrected chi connectivity index (χ3v) is 3.91. The standard InChI is InChI=1S/C17H31NO3/c1-3-5-6-7-8-9-10-11-16(19)18(15-12-13-15)14-17(20)21-4-2/h15H,3-14H2,1-2H3. The molecule has 1 amide bonds. The molecule has 1 aliphatic rings. The summed E-state index contributed by atoms with van der Waals surface area (Å²) >= 11 is 0. The van der Waals surface area contributed by atoms with Gasteiger partial charge in [0.05, 0.1) is 6.61 Å². The van der Waals surface area contributed by atoms with Crippen molar-refractivity contribution in [1.82, 2.24) is 4.90 Å². The molecule has 1 rings (SSSR count). The lowest BCUT2D eigenvalue weighted by molar-refractivity contribution is -0.149. The van der Waals surface area contributed by atoms with E-state index in [0.717, 1.165) is 25.7 Å². The second-order valence-electron chi connectivity index (χ2n) is 5.93. The molecular formula is C17H31NO3. The van der Waals surface area contributed by atoms with E-state index in [1.165, 1.54) is 32.1 Å². The van der Waals surface area contributed by atoms with Crippen LogP contribution in [0.3, 0.4) is 0 Å². The van der Waals surface area contributed by atoms with E-state index >= 15 is 0 Å². The lowest BCUT2D eigenvalue weighted by Gasteiger charge is -2.21. The van der Waals surface area contributed by atoms with Crippen LogP contribution < -0.4 is 0 Å². The van der Waals surface area contributed by atoms with Gasteiger partial charge in [-0.05, 0) is 26.2 Å². The van der Waals surface area contributed by atoms with Crippen molar-refractivity contribution < 1.29 is 14.3 Å². The van der Waals surface area contributed by atoms with Crippen molar-refractivity contribution in [3.8, 4) is 0 Å². The first-order valence-electron chi connectivity index (χ1n) is 8.64. The molecule has 1 aliphatic carbocycles. The van der Waals surface area contributed by atoms with Crippen molar-refractivity contribution in [1.29, 1.82) is 0 Å². The minimum Gasteiger partial charge on any atom is -0.465 e. The molecule has 0 unspecified atom stereocenters. The molecule has 1 saturated carbocycles. The van der Waals surface area contributed by atoms with Crippen molar-refractivity contribution in [2.45, 2.75) is 84.1 Å². The van der Waals surface area contributed by atoms with Gasteiger partial charge in [-0.2, -0.15) is 0 Å². The van der Waals surface area contributed by atoms with Crippen LogP contribution in [0.5, 0.6) is 0 Å². The predicted molar refractivity (Wildman–Crippen MR) is 84.0 cm³/mol. The number of hydrogen-bond donors (Lipinski definition) is 0. The number of ether oxygens (including phenoxy) is 1. The van der Waals surface area contributed by atoms with Gasteiger partial charge in [0.2, 0.25) is 5.91 Å². The van der Waals surface area contributed by atoms with Gasteiger partial charge in [-0.25, -0.2) is 0 Å². The molecule has 0 aromatic heterocycles. The van der Waals surface area contributed by atoms with E-state index in [1.807, 2.05) is 0 Å². The van der Waals surface area contributed by atoms with Gasteiger partial charge in [0.1, 0.15) is 6.54 Å². The van der Waals surface area contributed by atoms with Crippen LogP contribution in [0.1, 0.15) is 78.1 Å². The van der Waals surface area contributed by atoms with E-state index in [4.69, 9.17) is 4.74 Å². The lowest BCUT2D eigenvalue weighted by Crippen LogP contribution is -2.38. The average molecular weight is 297 g/mol. The van der Waals surface area contributed by atoms with Crippen LogP contribution >= 0.6 is 0 Å². The summed E-state index contributed by atoms with van der Waals surface area (Å²) in [6.07, 6.45) is 11.1. The molecule has 21 heavy (non-hydrogen) atoms. The zero-order chi connectivity index (χ0) is 15.5. The first-order valence-corrected chi connectivity index (χ1v) is 8.64. The van der Waals surface area contributed by atoms with Crippen molar-refractivity contribution in [2.75, 3.05) is 13.2 Å². The fraction of sp³-hybridized carbons (Fsp3) is 0.882. The number of unbranched alkanes of at least 4 members (excludes halogenated alkanes) is 6. The minimum atomic E-state index is -0.280. The maximum atomic E-state index is 12.2. The van der Waals surface area contributed by atoms with Gasteiger partial charge in [0.25, 0.3) is 0 Å². The van der Waals surface area contributed by atoms with Gasteiger partial charge in [-0.3, -0.25) is 9.59 Å². The number of hydrogen-bond acceptors (Lipinski definition) is 3. The summed E-state index contributed by atoms with van der Waals surface area (Å²) in [6, 6.07) is 0.284. The second-order valence-corrected chi connectivity index (χ2v) is 5.93. The van der Waals surface area contributed by atoms with Crippen LogP contribution in [0.25, 0.3) is 0 Å². The Morgan fingerprint density at radius 1 is 1.00 bits per heavy atom. The van der Waals surface area contributed by atoms with E-state index in [0.29, 0.717) is 13.0 Å². The van der Waals surface area contributed by atoms with Crippen molar-refractivity contribution in [2.24, 2.45) is 0 Å². The molecule has 0 aromatic carbocycles. The van der Waals surface area contributed by atoms with Crippen LogP contribution in [0.4, 0.5) is 0 Å². The van der Waals surface area contributed by atoms with Gasteiger partial charge in [-0.15, -0.1) is 0 Å². The van der Waals surface area contributed by atoms with Crippen LogP contribution in [-0.4, -0.2) is 36.0 Å². The highest BCUT2D eigenvalue weighted by Crippen LogP contribution is 2.27. The summed E-state index contributed by atoms with van der Waals surface area (Å²) in [5, 5.41) is 0. The number of carbonyl (C=O) groups excluding carboxylic acids is 2. The van der Waals surface area contributed by atoms with Crippen LogP contribution in [-0.2, 0) is 14.3 Å². The average Bonchev–Trinajstić information content (AvgIpc) is 3.28. The molecule has 0 radical (unpaired) electrons. The molecule has 4 heteroatoms. The summed E-state index contributed by atoms with van der Waals surface area (Å²) in [5.74, 6) is -0.156. The molecule has 0 bridgehead atoms. The van der Waals surface area contributed by atoms with E-state index in [1.54, 1.807) is 11.8 Å². The largest absolute Gasteiger partial charge is 0.465 e. The molecule has 4 nitrogen and oxygen atoms in total. The van der Waals surface area contributed by atoms with Gasteiger partial charge in [0.15, 0.2) is 0 Å². The van der Waals surface area contributed by atoms with Gasteiger partial charge in [-0.1, -0.05) is 45.4 Å². The Morgan fingerprint density at radius 2 is 1.62 bits per heavy atom. The molecule has 0 N–H and O–H groups in total. The molecule has 0 spiro atoms. The second kappa shape index (κ2) is 10.6. The van der Waals surface area contributed by atoms with E-state index < -0.39 is 0 Å². The third-order valence-electron chi connectivity index (χ3n) is 3.91. The Kier molecular flexibility index (Phi) is 9.11. The zero-order valence-corrected chi connectivity index (χ0v) is 13.7. The zero-order valence-electron chi connectivity index (χ0n) is 13.7. The van der Waals surface area contributed by atoms with E-state index in [2.05, 4.69) is 6.92 Å². The Bertz CT molecular complexity index is 313. The normalized spacial score (nSPS) is 14.0. The maximum Gasteiger partial charge on any atom is 0.325 e. The van der Waals surface area contributed by atoms with Gasteiger partial charge < -0.3 is 9.64 Å². The van der Waals surface area contributed by atoms with Crippen LogP contribution in [0.15, 0.2) is 0 Å². The number of esters is 1. The summed E-state index contributed by atoms with van der Waals surface area (Å²) in [5.41, 5.74) is 0.